The summed E-state index contributed by atoms with van der Waals surface area (Å²) in [6.45, 7) is 6.17. The number of amides is 6. The molecule has 4 atom stereocenters. The minimum Gasteiger partial charge on any atom is -0.387 e. The van der Waals surface area contributed by atoms with Crippen LogP contribution in [-0.4, -0.2) is 99.1 Å². The van der Waals surface area contributed by atoms with Crippen LogP contribution >= 0.6 is 0 Å². The molecule has 388 valence electrons. The number of fused-ring (bicyclic) bond motifs is 2. The Balaban J connectivity index is 0.641. The van der Waals surface area contributed by atoms with Gasteiger partial charge in [0.25, 0.3) is 0 Å². The van der Waals surface area contributed by atoms with Crippen LogP contribution in [0.1, 0.15) is 105 Å². The van der Waals surface area contributed by atoms with E-state index in [2.05, 4.69) is 37.6 Å². The predicted octanol–water partition coefficient (Wildman–Crippen LogP) is 8.31. The van der Waals surface area contributed by atoms with Crippen molar-refractivity contribution in [3.05, 3.63) is 136 Å². The number of carbonyl (C=O) groups excluding carboxylic acids is 4. The van der Waals surface area contributed by atoms with Crippen LogP contribution in [0.15, 0.2) is 78.9 Å². The Bertz CT molecular complexity index is 2770. The molecular weight excluding hydrogens is 952 g/mol. The third-order valence-corrected chi connectivity index (χ3v) is 14.9. The van der Waals surface area contributed by atoms with Gasteiger partial charge in [0.1, 0.15) is 17.5 Å². The SMILES string of the molecule is CC(C)(NC(=O)CCC(C)(O)[C@H](F)CNC1OC1N1CC=C(c2ccc(NC(=O)N3Cc4cc(F)c(F)c(F)c4C3)cc2)CC1)C(=O)NC1CCC(c2ccc(NC(=O)N3Cc4ccc(F)cc4C3)cc2)CC1. The molecule has 14 nitrogen and oxygen atoms in total. The van der Waals surface area contributed by atoms with Gasteiger partial charge in [0.05, 0.1) is 12.1 Å². The molecule has 2 fully saturated rings. The van der Waals surface area contributed by atoms with E-state index in [0.717, 1.165) is 59.6 Å². The fourth-order valence-electron chi connectivity index (χ4n) is 10.2. The molecule has 19 heteroatoms. The lowest BCUT2D eigenvalue weighted by atomic mass is 9.81. The first-order chi connectivity index (χ1) is 34.8. The Hall–Kier alpha value is -6.41. The number of epoxide rings is 1. The van der Waals surface area contributed by atoms with E-state index in [1.807, 2.05) is 36.4 Å². The summed E-state index contributed by atoms with van der Waals surface area (Å²) in [6.07, 6.45) is 3.15. The third-order valence-electron chi connectivity index (χ3n) is 14.9. The molecule has 3 unspecified atom stereocenters. The molecule has 5 aliphatic rings. The second kappa shape index (κ2) is 21.2. The first-order valence-corrected chi connectivity index (χ1v) is 24.9. The average molecular weight is 1010 g/mol. The second-order valence-corrected chi connectivity index (χ2v) is 20.7. The van der Waals surface area contributed by atoms with Gasteiger partial charge in [-0.15, -0.1) is 0 Å². The molecule has 0 radical (unpaired) electrons. The maximum absolute atomic E-state index is 15.5. The number of aliphatic hydroxyl groups is 1. The number of alkyl halides is 1. The van der Waals surface area contributed by atoms with E-state index in [-0.39, 0.29) is 79.5 Å². The monoisotopic (exact) mass is 1010 g/mol. The van der Waals surface area contributed by atoms with Crippen LogP contribution in [0.2, 0.25) is 0 Å². The van der Waals surface area contributed by atoms with E-state index in [0.29, 0.717) is 44.0 Å². The van der Waals surface area contributed by atoms with Crippen molar-refractivity contribution in [2.75, 3.05) is 30.3 Å². The fourth-order valence-corrected chi connectivity index (χ4v) is 10.2. The molecule has 9 rings (SSSR count). The van der Waals surface area contributed by atoms with Crippen molar-refractivity contribution in [3.8, 4) is 0 Å². The number of rotatable bonds is 15. The van der Waals surface area contributed by atoms with Crippen molar-refractivity contribution >= 4 is 40.8 Å². The number of nitrogens with zero attached hydrogens (tertiary/aromatic N) is 3. The number of urea groups is 2. The van der Waals surface area contributed by atoms with Crippen molar-refractivity contribution in [1.29, 1.82) is 0 Å². The van der Waals surface area contributed by atoms with Gasteiger partial charge in [0.15, 0.2) is 29.9 Å². The summed E-state index contributed by atoms with van der Waals surface area (Å²) in [5, 5.41) is 25.6. The van der Waals surface area contributed by atoms with E-state index < -0.39 is 52.9 Å². The lowest BCUT2D eigenvalue weighted by Gasteiger charge is -2.33. The summed E-state index contributed by atoms with van der Waals surface area (Å²) in [6, 6.07) is 19.6. The Morgan fingerprint density at radius 1 is 0.781 bits per heavy atom. The van der Waals surface area contributed by atoms with Crippen molar-refractivity contribution in [1.82, 2.24) is 30.7 Å². The molecular formula is C54H61F5N8O6. The van der Waals surface area contributed by atoms with Crippen LogP contribution in [0.4, 0.5) is 42.9 Å². The smallest absolute Gasteiger partial charge is 0.322 e. The maximum Gasteiger partial charge on any atom is 0.322 e. The zero-order valence-electron chi connectivity index (χ0n) is 41.0. The van der Waals surface area contributed by atoms with Gasteiger partial charge in [-0.3, -0.25) is 19.8 Å². The number of anilines is 2. The van der Waals surface area contributed by atoms with Gasteiger partial charge in [-0.25, -0.2) is 31.5 Å². The summed E-state index contributed by atoms with van der Waals surface area (Å²) in [5.74, 6) is -4.98. The van der Waals surface area contributed by atoms with Crippen LogP contribution in [0.5, 0.6) is 0 Å². The maximum atomic E-state index is 15.5. The van der Waals surface area contributed by atoms with Crippen LogP contribution < -0.4 is 26.6 Å². The van der Waals surface area contributed by atoms with E-state index in [1.165, 1.54) is 24.0 Å². The average Bonchev–Trinajstić information content (AvgIpc) is 3.81. The largest absolute Gasteiger partial charge is 0.387 e. The van der Waals surface area contributed by atoms with Crippen molar-refractivity contribution < 1.29 is 51.0 Å². The molecule has 4 aliphatic heterocycles. The molecule has 4 aromatic carbocycles. The summed E-state index contributed by atoms with van der Waals surface area (Å²) in [4.78, 5) is 57.2. The Morgan fingerprint density at radius 2 is 1.42 bits per heavy atom. The van der Waals surface area contributed by atoms with E-state index >= 15 is 4.39 Å². The minimum atomic E-state index is -1.83. The molecule has 1 aliphatic carbocycles. The van der Waals surface area contributed by atoms with Gasteiger partial charge in [0.2, 0.25) is 11.8 Å². The van der Waals surface area contributed by atoms with Crippen molar-refractivity contribution in [2.24, 2.45) is 0 Å². The Morgan fingerprint density at radius 3 is 2.10 bits per heavy atom. The van der Waals surface area contributed by atoms with Gasteiger partial charge in [-0.1, -0.05) is 36.4 Å². The molecule has 4 heterocycles. The number of hydrogen-bond acceptors (Lipinski definition) is 8. The van der Waals surface area contributed by atoms with E-state index in [9.17, 15) is 41.8 Å². The van der Waals surface area contributed by atoms with Crippen LogP contribution in [-0.2, 0) is 40.5 Å². The molecule has 73 heavy (non-hydrogen) atoms. The Kier molecular flexibility index (Phi) is 15.0. The standard InChI is InChI=1S/C54H61F5N8O6/c1-53(2,50(69)61-39-12-5-31(6-13-39)32-7-14-40(15-8-32)62-51(70)66-27-35-4-11-38(55)24-36(35)28-66)64-45(68)18-21-54(3,72)44(57)26-60-48-49(73-48)65-22-19-34(20-23-65)33-9-16-41(17-10-33)63-52(71)67-29-37-25-43(56)47(59)46(58)42(37)30-67/h4,7-11,14-17,19,24-25,31,39,44,48-49,60,72H,5-6,12-13,18,20-23,26-30H2,1-3H3,(H,61,69)(H,62,70)(H,63,71)(H,64,68)/t31?,39?,44-,48?,49?,54?/m1/s1. The van der Waals surface area contributed by atoms with Crippen molar-refractivity contribution in [2.45, 2.75) is 134 Å². The van der Waals surface area contributed by atoms with Gasteiger partial charge < -0.3 is 40.9 Å². The fraction of sp³-hybridized carbons (Fsp3) is 0.444. The molecule has 1 saturated carbocycles. The number of ether oxygens (including phenoxy) is 1. The molecule has 0 bridgehead atoms. The van der Waals surface area contributed by atoms with Gasteiger partial charge in [-0.2, -0.15) is 0 Å². The molecule has 6 amide bonds. The van der Waals surface area contributed by atoms with Gasteiger partial charge in [0, 0.05) is 68.7 Å². The Labute approximate surface area is 420 Å². The van der Waals surface area contributed by atoms with E-state index in [4.69, 9.17) is 4.74 Å². The van der Waals surface area contributed by atoms with E-state index in [1.54, 1.807) is 36.9 Å². The molecule has 1 saturated heterocycles. The highest BCUT2D eigenvalue weighted by atomic mass is 19.2. The highest BCUT2D eigenvalue weighted by Crippen LogP contribution is 2.35. The first kappa shape index (κ1) is 51.5. The molecule has 4 aromatic rings. The van der Waals surface area contributed by atoms with Crippen molar-refractivity contribution in [3.63, 3.8) is 0 Å². The molecule has 6 N–H and O–H groups in total. The minimum absolute atomic E-state index is 0.0352. The highest BCUT2D eigenvalue weighted by molar-refractivity contribution is 5.92. The summed E-state index contributed by atoms with van der Waals surface area (Å²) >= 11 is 0. The summed E-state index contributed by atoms with van der Waals surface area (Å²) < 4.78 is 76.5. The van der Waals surface area contributed by atoms with Crippen LogP contribution in [0, 0.1) is 23.3 Å². The number of hydrogen-bond donors (Lipinski definition) is 6. The number of carbonyl (C=O) groups is 4. The normalized spacial score (nSPS) is 21.8. The zero-order chi connectivity index (χ0) is 51.8. The summed E-state index contributed by atoms with van der Waals surface area (Å²) in [5.41, 5.74) is 3.22. The summed E-state index contributed by atoms with van der Waals surface area (Å²) in [7, 11) is 0. The highest BCUT2D eigenvalue weighted by Gasteiger charge is 2.45. The molecule has 0 aromatic heterocycles. The molecule has 0 spiro atoms. The third kappa shape index (κ3) is 12.0. The number of benzene rings is 4. The van der Waals surface area contributed by atoms with Gasteiger partial charge >= 0.3 is 12.1 Å². The van der Waals surface area contributed by atoms with Crippen LogP contribution in [0.3, 0.4) is 0 Å². The van der Waals surface area contributed by atoms with Crippen LogP contribution in [0.25, 0.3) is 5.57 Å². The number of halogens is 5. The zero-order valence-corrected chi connectivity index (χ0v) is 41.0. The van der Waals surface area contributed by atoms with Gasteiger partial charge in [-0.05, 0) is 141 Å². The quantitative estimate of drug-likeness (QED) is 0.0393. The topological polar surface area (TPSA) is 171 Å². The second-order valence-electron chi connectivity index (χ2n) is 20.7. The lowest BCUT2D eigenvalue weighted by molar-refractivity contribution is -0.133. The predicted molar refractivity (Wildman–Crippen MR) is 263 cm³/mol. The number of nitrogens with one attached hydrogen (secondary N) is 5. The first-order valence-electron chi connectivity index (χ1n) is 24.9. The lowest BCUT2D eigenvalue weighted by Crippen LogP contribution is -2.57.